The van der Waals surface area contributed by atoms with E-state index in [0.717, 1.165) is 70.6 Å². The summed E-state index contributed by atoms with van der Waals surface area (Å²) in [5.41, 5.74) is 0. The fraction of sp³-hybridized carbons (Fsp3) is 0.845. The minimum absolute atomic E-state index is 0.214. The molecule has 0 aliphatic carbocycles. The van der Waals surface area contributed by atoms with Crippen molar-refractivity contribution in [1.29, 1.82) is 0 Å². The van der Waals surface area contributed by atoms with E-state index in [1.807, 2.05) is 6.08 Å². The zero-order valence-electron chi connectivity index (χ0n) is 55.4. The van der Waals surface area contributed by atoms with Crippen molar-refractivity contribution in [1.82, 2.24) is 5.32 Å². The Morgan fingerprint density at radius 2 is 0.778 bits per heavy atom. The summed E-state index contributed by atoms with van der Waals surface area (Å²) in [6.07, 6.45) is 38.0. The number of allylic oxidation sites excluding steroid dienone is 9. The minimum atomic E-state index is -1.98. The summed E-state index contributed by atoms with van der Waals surface area (Å²) in [5, 5.41) is 120. The summed E-state index contributed by atoms with van der Waals surface area (Å²) < 4.78 is 34.3. The molecule has 12 N–H and O–H groups in total. The molecule has 0 aromatic heterocycles. The molecule has 3 saturated heterocycles. The molecule has 3 aliphatic heterocycles. The molecule has 17 atom stereocenters. The van der Waals surface area contributed by atoms with Crippen molar-refractivity contribution in [3.05, 3.63) is 60.8 Å². The molecule has 0 aromatic carbocycles. The van der Waals surface area contributed by atoms with Gasteiger partial charge < -0.3 is 89.9 Å². The van der Waals surface area contributed by atoms with Gasteiger partial charge in [0, 0.05) is 6.42 Å². The van der Waals surface area contributed by atoms with Gasteiger partial charge in [-0.05, 0) is 64.2 Å². The lowest BCUT2D eigenvalue weighted by atomic mass is 9.96. The predicted molar refractivity (Wildman–Crippen MR) is 351 cm³/mol. The second-order valence-electron chi connectivity index (χ2n) is 25.3. The molecule has 17 unspecified atom stereocenters. The van der Waals surface area contributed by atoms with Gasteiger partial charge in [0.15, 0.2) is 18.9 Å². The zero-order chi connectivity index (χ0) is 65.4. The SMILES string of the molecule is CC/C=C\C/C=C\C/C=C\CCCCCCCC(=O)NC(COC1OC(CO)C(OC2OC(CO)C(OC3OC(CO)C(O)C(O)C3O)C(O)C2O)C(O)C1O)C(O)/C=C/CC/C=C/CCCCCCCCCCCCCCCCCCCCCCCCCC. The van der Waals surface area contributed by atoms with Crippen molar-refractivity contribution in [2.45, 2.75) is 356 Å². The molecule has 0 radical (unpaired) electrons. The molecule has 0 saturated carbocycles. The van der Waals surface area contributed by atoms with Gasteiger partial charge in [-0.1, -0.05) is 242 Å². The van der Waals surface area contributed by atoms with Gasteiger partial charge in [-0.15, -0.1) is 0 Å². The highest BCUT2D eigenvalue weighted by atomic mass is 16.8. The third-order valence-corrected chi connectivity index (χ3v) is 17.5. The van der Waals surface area contributed by atoms with Crippen LogP contribution in [0.3, 0.4) is 0 Å². The van der Waals surface area contributed by atoms with E-state index in [0.29, 0.717) is 12.8 Å². The number of unbranched alkanes of at least 4 members (excludes halogenated alkanes) is 30. The summed E-state index contributed by atoms with van der Waals surface area (Å²) in [4.78, 5) is 13.4. The Bertz CT molecular complexity index is 1870. The fourth-order valence-electron chi connectivity index (χ4n) is 11.8. The predicted octanol–water partition coefficient (Wildman–Crippen LogP) is 9.55. The van der Waals surface area contributed by atoms with Crippen LogP contribution in [-0.4, -0.2) is 193 Å². The lowest BCUT2D eigenvalue weighted by Crippen LogP contribution is -2.66. The van der Waals surface area contributed by atoms with E-state index in [1.165, 1.54) is 148 Å². The normalized spacial score (nSPS) is 28.4. The summed E-state index contributed by atoms with van der Waals surface area (Å²) in [7, 11) is 0. The maximum Gasteiger partial charge on any atom is 0.220 e. The highest BCUT2D eigenvalue weighted by Crippen LogP contribution is 2.33. The first-order valence-corrected chi connectivity index (χ1v) is 35.5. The molecule has 3 fully saturated rings. The van der Waals surface area contributed by atoms with E-state index in [9.17, 15) is 61.0 Å². The van der Waals surface area contributed by atoms with Crippen LogP contribution < -0.4 is 5.32 Å². The lowest BCUT2D eigenvalue weighted by molar-refractivity contribution is -0.379. The molecule has 90 heavy (non-hydrogen) atoms. The number of rotatable bonds is 54. The monoisotopic (exact) mass is 1280 g/mol. The molecule has 3 aliphatic rings. The van der Waals surface area contributed by atoms with Gasteiger partial charge >= 0.3 is 0 Å². The van der Waals surface area contributed by atoms with Gasteiger partial charge in [-0.3, -0.25) is 4.79 Å². The number of hydrogen-bond acceptors (Lipinski definition) is 18. The van der Waals surface area contributed by atoms with Gasteiger partial charge in [0.05, 0.1) is 38.6 Å². The molecular formula is C71H127NO18. The van der Waals surface area contributed by atoms with Crippen molar-refractivity contribution in [3.63, 3.8) is 0 Å². The van der Waals surface area contributed by atoms with Gasteiger partial charge in [-0.25, -0.2) is 0 Å². The summed E-state index contributed by atoms with van der Waals surface area (Å²) in [6.45, 7) is 1.59. The largest absolute Gasteiger partial charge is 0.394 e. The first-order chi connectivity index (χ1) is 43.8. The van der Waals surface area contributed by atoms with Crippen LogP contribution in [0, 0.1) is 0 Å². The Balaban J connectivity index is 1.41. The Morgan fingerprint density at radius 3 is 1.24 bits per heavy atom. The van der Waals surface area contributed by atoms with E-state index in [4.69, 9.17) is 28.4 Å². The second kappa shape index (κ2) is 52.7. The molecule has 3 heterocycles. The van der Waals surface area contributed by atoms with Crippen LogP contribution in [0.4, 0.5) is 0 Å². The molecular weight excluding hydrogens is 1150 g/mol. The maximum atomic E-state index is 13.4. The molecule has 0 spiro atoms. The van der Waals surface area contributed by atoms with Gasteiger partial charge in [0.2, 0.25) is 5.91 Å². The average Bonchev–Trinajstić information content (AvgIpc) is 0.866. The number of carbonyl (C=O) groups excluding carboxylic acids is 1. The van der Waals surface area contributed by atoms with Crippen molar-refractivity contribution < 1.29 is 89.4 Å². The summed E-state index contributed by atoms with van der Waals surface area (Å²) >= 11 is 0. The van der Waals surface area contributed by atoms with E-state index in [2.05, 4.69) is 67.8 Å². The van der Waals surface area contributed by atoms with Gasteiger partial charge in [0.1, 0.15) is 73.2 Å². The topological polar surface area (TPSA) is 307 Å². The van der Waals surface area contributed by atoms with E-state index in [-0.39, 0.29) is 18.9 Å². The van der Waals surface area contributed by atoms with Crippen LogP contribution in [0.15, 0.2) is 60.8 Å². The second-order valence-corrected chi connectivity index (χ2v) is 25.3. The number of nitrogens with one attached hydrogen (secondary N) is 1. The van der Waals surface area contributed by atoms with E-state index in [1.54, 1.807) is 6.08 Å². The fourth-order valence-corrected chi connectivity index (χ4v) is 11.8. The maximum absolute atomic E-state index is 13.4. The number of amides is 1. The molecule has 19 nitrogen and oxygen atoms in total. The number of ether oxygens (including phenoxy) is 6. The molecule has 3 rings (SSSR count). The number of aliphatic hydroxyl groups excluding tert-OH is 11. The highest BCUT2D eigenvalue weighted by molar-refractivity contribution is 5.76. The van der Waals surface area contributed by atoms with Crippen molar-refractivity contribution in [2.75, 3.05) is 26.4 Å². The average molecular weight is 1280 g/mol. The Morgan fingerprint density at radius 1 is 0.411 bits per heavy atom. The quantitative estimate of drug-likeness (QED) is 0.0199. The Hall–Kier alpha value is -2.51. The first kappa shape index (κ1) is 81.7. The van der Waals surface area contributed by atoms with E-state index < -0.39 is 124 Å². The van der Waals surface area contributed by atoms with Crippen molar-refractivity contribution >= 4 is 5.91 Å². The third kappa shape index (κ3) is 34.2. The summed E-state index contributed by atoms with van der Waals surface area (Å²) in [5.74, 6) is -0.303. The summed E-state index contributed by atoms with van der Waals surface area (Å²) in [6, 6.07) is -1.00. The molecule has 0 aromatic rings. The number of aliphatic hydroxyl groups is 11. The molecule has 19 heteroatoms. The first-order valence-electron chi connectivity index (χ1n) is 35.5. The van der Waals surface area contributed by atoms with Crippen LogP contribution in [0.1, 0.15) is 251 Å². The van der Waals surface area contributed by atoms with Gasteiger partial charge in [-0.2, -0.15) is 0 Å². The molecule has 0 bridgehead atoms. The third-order valence-electron chi connectivity index (χ3n) is 17.5. The Kier molecular flexibility index (Phi) is 47.9. The van der Waals surface area contributed by atoms with Crippen LogP contribution >= 0.6 is 0 Å². The minimum Gasteiger partial charge on any atom is -0.394 e. The molecule has 1 amide bonds. The Labute approximate surface area is 541 Å². The van der Waals surface area contributed by atoms with Crippen LogP contribution in [-0.2, 0) is 33.2 Å². The molecule has 524 valence electrons. The van der Waals surface area contributed by atoms with Crippen LogP contribution in [0.2, 0.25) is 0 Å². The van der Waals surface area contributed by atoms with Crippen molar-refractivity contribution in [2.24, 2.45) is 0 Å². The van der Waals surface area contributed by atoms with Crippen LogP contribution in [0.25, 0.3) is 0 Å². The highest BCUT2D eigenvalue weighted by Gasteiger charge is 2.53. The number of carbonyl (C=O) groups is 1. The smallest absolute Gasteiger partial charge is 0.220 e. The lowest BCUT2D eigenvalue weighted by Gasteiger charge is -2.48. The van der Waals surface area contributed by atoms with E-state index >= 15 is 0 Å². The van der Waals surface area contributed by atoms with Crippen LogP contribution in [0.5, 0.6) is 0 Å². The van der Waals surface area contributed by atoms with Gasteiger partial charge in [0.25, 0.3) is 0 Å². The van der Waals surface area contributed by atoms with Crippen molar-refractivity contribution in [3.8, 4) is 0 Å². The number of hydrogen-bond donors (Lipinski definition) is 12. The standard InChI is InChI=1S/C71H127NO18/c1-3-5-7-9-11-13-15-17-19-20-21-22-23-24-25-26-27-28-29-30-31-32-33-35-36-38-40-42-44-46-48-55(76)54(72-59(77)49-47-45-43-41-39-37-34-18-16-14-12-10-8-6-4-2)53-85-69-65(83)62(80)67(57(51-74)87-69)90-71-66(84)63(81)68(58(52-75)88-71)89-70-64(82)61(79)60(78)56(50-73)86-70/h6,8,12,14,18,34,38,40,46,48,54-58,60-71,73-76,78-84H,3-5,7,9-11,13,15-17,19-33,35-37,39,41-45,47,49-53H2,1-2H3,(H,72,77)/b8-6-,14-12-,34-18-,40-38+,48-46+. The zero-order valence-corrected chi connectivity index (χ0v) is 55.4.